The van der Waals surface area contributed by atoms with Gasteiger partial charge in [0.25, 0.3) is 11.8 Å². The predicted octanol–water partition coefficient (Wildman–Crippen LogP) is 2.42. The highest BCUT2D eigenvalue weighted by molar-refractivity contribution is 6.03. The molecule has 154 valence electrons. The van der Waals surface area contributed by atoms with Gasteiger partial charge in [-0.3, -0.25) is 9.59 Å². The topological polar surface area (TPSA) is 70.5 Å². The number of aromatic nitrogens is 2. The molecule has 2 aliphatic heterocycles. The summed E-state index contributed by atoms with van der Waals surface area (Å²) < 4.78 is 1.95. The van der Waals surface area contributed by atoms with Crippen molar-refractivity contribution in [3.63, 3.8) is 0 Å². The largest absolute Gasteiger partial charge is 0.335 e. The van der Waals surface area contributed by atoms with Crippen LogP contribution in [0.15, 0.2) is 24.3 Å². The minimum absolute atomic E-state index is 0.0462. The monoisotopic (exact) mass is 395 g/mol. The first-order valence-electron chi connectivity index (χ1n) is 10.5. The summed E-state index contributed by atoms with van der Waals surface area (Å²) >= 11 is 0. The van der Waals surface area contributed by atoms with E-state index in [0.29, 0.717) is 24.6 Å². The number of amides is 2. The number of fused-ring (bicyclic) bond motifs is 1. The van der Waals surface area contributed by atoms with Crippen LogP contribution in [0.5, 0.6) is 0 Å². The lowest BCUT2D eigenvalue weighted by Crippen LogP contribution is -2.47. The average Bonchev–Trinajstić information content (AvgIpc) is 3.14. The molecule has 0 saturated carbocycles. The van der Waals surface area contributed by atoms with Gasteiger partial charge in [0.15, 0.2) is 5.82 Å². The van der Waals surface area contributed by atoms with Crippen molar-refractivity contribution in [2.45, 2.75) is 39.2 Å². The number of piperazine rings is 1. The van der Waals surface area contributed by atoms with E-state index in [1.54, 1.807) is 0 Å². The number of anilines is 1. The second kappa shape index (κ2) is 8.37. The fourth-order valence-corrected chi connectivity index (χ4v) is 4.06. The summed E-state index contributed by atoms with van der Waals surface area (Å²) in [7, 11) is 2.07. The van der Waals surface area contributed by atoms with Crippen LogP contribution >= 0.6 is 0 Å². The number of likely N-dealkylation sites (N-methyl/N-ethyl adjacent to an activating group) is 1. The van der Waals surface area contributed by atoms with Crippen LogP contribution < -0.4 is 5.32 Å². The Morgan fingerprint density at radius 2 is 1.76 bits per heavy atom. The van der Waals surface area contributed by atoms with Gasteiger partial charge < -0.3 is 19.7 Å². The lowest BCUT2D eigenvalue weighted by atomic mass is 10.1. The van der Waals surface area contributed by atoms with Crippen molar-refractivity contribution in [2.24, 2.45) is 0 Å². The van der Waals surface area contributed by atoms with E-state index < -0.39 is 0 Å². The maximum absolute atomic E-state index is 13.1. The van der Waals surface area contributed by atoms with Crippen LogP contribution in [0, 0.1) is 0 Å². The van der Waals surface area contributed by atoms with E-state index >= 15 is 0 Å². The maximum Gasteiger partial charge on any atom is 0.291 e. The van der Waals surface area contributed by atoms with Crippen LogP contribution in [0.2, 0.25) is 0 Å². The quantitative estimate of drug-likeness (QED) is 0.863. The number of carbonyl (C=O) groups excluding carboxylic acids is 2. The van der Waals surface area contributed by atoms with E-state index in [0.717, 1.165) is 56.7 Å². The van der Waals surface area contributed by atoms with E-state index in [1.807, 2.05) is 33.7 Å². The van der Waals surface area contributed by atoms with Gasteiger partial charge in [-0.2, -0.15) is 0 Å². The minimum Gasteiger partial charge on any atom is -0.335 e. The lowest BCUT2D eigenvalue weighted by Gasteiger charge is -2.32. The average molecular weight is 396 g/mol. The van der Waals surface area contributed by atoms with E-state index in [9.17, 15) is 9.59 Å². The zero-order chi connectivity index (χ0) is 20.4. The molecule has 29 heavy (non-hydrogen) atoms. The van der Waals surface area contributed by atoms with Crippen molar-refractivity contribution >= 4 is 17.5 Å². The van der Waals surface area contributed by atoms with E-state index in [1.165, 1.54) is 5.56 Å². The van der Waals surface area contributed by atoms with Gasteiger partial charge in [-0.05, 0) is 50.4 Å². The Balaban J connectivity index is 1.58. The molecule has 2 aromatic rings. The van der Waals surface area contributed by atoms with Crippen LogP contribution in [-0.2, 0) is 19.4 Å². The molecule has 0 unspecified atom stereocenters. The normalized spacial score (nSPS) is 17.1. The third kappa shape index (κ3) is 4.05. The summed E-state index contributed by atoms with van der Waals surface area (Å²) in [6.45, 7) is 5.96. The molecule has 1 saturated heterocycles. The van der Waals surface area contributed by atoms with Gasteiger partial charge in [0.2, 0.25) is 0 Å². The number of nitrogens with zero attached hydrogens (tertiary/aromatic N) is 4. The summed E-state index contributed by atoms with van der Waals surface area (Å²) in [6.07, 6.45) is 3.77. The molecule has 2 amide bonds. The van der Waals surface area contributed by atoms with E-state index in [-0.39, 0.29) is 11.8 Å². The van der Waals surface area contributed by atoms with Crippen LogP contribution in [0.25, 0.3) is 0 Å². The van der Waals surface area contributed by atoms with Gasteiger partial charge in [0, 0.05) is 38.4 Å². The zero-order valence-corrected chi connectivity index (χ0v) is 17.3. The Morgan fingerprint density at radius 3 is 2.45 bits per heavy atom. The molecule has 0 spiro atoms. The number of hydrogen-bond acceptors (Lipinski definition) is 4. The van der Waals surface area contributed by atoms with Crippen molar-refractivity contribution in [1.29, 1.82) is 0 Å². The first-order valence-corrected chi connectivity index (χ1v) is 10.5. The predicted molar refractivity (Wildman–Crippen MR) is 112 cm³/mol. The Bertz CT molecular complexity index is 895. The van der Waals surface area contributed by atoms with Gasteiger partial charge in [0.05, 0.1) is 5.69 Å². The minimum atomic E-state index is -0.255. The van der Waals surface area contributed by atoms with E-state index in [4.69, 9.17) is 0 Å². The first-order chi connectivity index (χ1) is 14.1. The van der Waals surface area contributed by atoms with Crippen molar-refractivity contribution in [3.05, 3.63) is 47.0 Å². The highest BCUT2D eigenvalue weighted by atomic mass is 16.2. The molecular formula is C22H29N5O2. The summed E-state index contributed by atoms with van der Waals surface area (Å²) in [5, 5.41) is 2.94. The highest BCUT2D eigenvalue weighted by Gasteiger charge is 2.30. The number of imidazole rings is 1. The molecule has 3 heterocycles. The second-order valence-corrected chi connectivity index (χ2v) is 7.94. The molecule has 0 bridgehead atoms. The molecule has 0 atom stereocenters. The molecule has 1 N–H and O–H groups in total. The van der Waals surface area contributed by atoms with Crippen LogP contribution in [-0.4, -0.2) is 64.4 Å². The molecule has 7 heteroatoms. The third-order valence-electron chi connectivity index (χ3n) is 5.93. The number of benzene rings is 1. The Kier molecular flexibility index (Phi) is 5.67. The Labute approximate surface area is 171 Å². The van der Waals surface area contributed by atoms with Gasteiger partial charge in [0.1, 0.15) is 5.69 Å². The molecule has 1 fully saturated rings. The fourth-order valence-electron chi connectivity index (χ4n) is 4.06. The van der Waals surface area contributed by atoms with Crippen molar-refractivity contribution < 1.29 is 9.59 Å². The van der Waals surface area contributed by atoms with Crippen LogP contribution in [0.4, 0.5) is 5.69 Å². The third-order valence-corrected chi connectivity index (χ3v) is 5.93. The molecule has 0 aliphatic carbocycles. The molecule has 2 aliphatic rings. The molecule has 1 aromatic heterocycles. The van der Waals surface area contributed by atoms with Crippen molar-refractivity contribution in [3.8, 4) is 0 Å². The Morgan fingerprint density at radius 1 is 1.03 bits per heavy atom. The van der Waals surface area contributed by atoms with Crippen LogP contribution in [0.3, 0.4) is 0 Å². The SMILES string of the molecule is CCc1ccc(NC(=O)c2nc(C(=O)N3CCN(C)CC3)c3n2CCCC3)cc1. The van der Waals surface area contributed by atoms with Crippen LogP contribution in [0.1, 0.15) is 52.1 Å². The van der Waals surface area contributed by atoms with Crippen molar-refractivity contribution in [1.82, 2.24) is 19.4 Å². The smallest absolute Gasteiger partial charge is 0.291 e. The molecule has 7 nitrogen and oxygen atoms in total. The summed E-state index contributed by atoms with van der Waals surface area (Å²) in [5.41, 5.74) is 3.33. The van der Waals surface area contributed by atoms with Gasteiger partial charge in [-0.25, -0.2) is 4.98 Å². The number of carbonyl (C=O) groups is 2. The fraction of sp³-hybridized carbons (Fsp3) is 0.500. The molecular weight excluding hydrogens is 366 g/mol. The number of nitrogens with one attached hydrogen (secondary N) is 1. The first kappa shape index (κ1) is 19.6. The number of aryl methyl sites for hydroxylation is 1. The lowest BCUT2D eigenvalue weighted by molar-refractivity contribution is 0.0657. The zero-order valence-electron chi connectivity index (χ0n) is 17.3. The van der Waals surface area contributed by atoms with Gasteiger partial charge in [-0.15, -0.1) is 0 Å². The summed E-state index contributed by atoms with van der Waals surface area (Å²) in [4.78, 5) is 34.8. The number of hydrogen-bond donors (Lipinski definition) is 1. The summed E-state index contributed by atoms with van der Waals surface area (Å²) in [5.74, 6) is 0.0432. The second-order valence-electron chi connectivity index (χ2n) is 7.94. The van der Waals surface area contributed by atoms with Gasteiger partial charge in [-0.1, -0.05) is 19.1 Å². The Hall–Kier alpha value is -2.67. The van der Waals surface area contributed by atoms with E-state index in [2.05, 4.69) is 29.2 Å². The standard InChI is InChI=1S/C22H29N5O2/c1-3-16-7-9-17(10-8-16)23-21(28)20-24-19(18-6-4-5-11-27(18)20)22(29)26-14-12-25(2)13-15-26/h7-10H,3-6,11-15H2,1-2H3,(H,23,28). The highest BCUT2D eigenvalue weighted by Crippen LogP contribution is 2.23. The van der Waals surface area contributed by atoms with Gasteiger partial charge >= 0.3 is 0 Å². The molecule has 1 aromatic carbocycles. The number of rotatable bonds is 4. The maximum atomic E-state index is 13.1. The molecule has 4 rings (SSSR count). The summed E-state index contributed by atoms with van der Waals surface area (Å²) in [6, 6.07) is 7.85. The van der Waals surface area contributed by atoms with Crippen molar-refractivity contribution in [2.75, 3.05) is 38.5 Å². The molecule has 0 radical (unpaired) electrons.